The van der Waals surface area contributed by atoms with Crippen LogP contribution in [0.4, 0.5) is 4.79 Å². The van der Waals surface area contributed by atoms with Crippen LogP contribution >= 0.6 is 0 Å². The normalized spacial score (nSPS) is 13.8. The van der Waals surface area contributed by atoms with Crippen LogP contribution in [-0.2, 0) is 24.3 Å². The van der Waals surface area contributed by atoms with Crippen LogP contribution in [0.2, 0.25) is 0 Å². The molecule has 120 valence electrons. The average Bonchev–Trinajstić information content (AvgIpc) is 2.59. The Balaban J connectivity index is 1.64. The highest BCUT2D eigenvalue weighted by Crippen LogP contribution is 2.22. The Kier molecular flexibility index (Phi) is 4.60. The van der Waals surface area contributed by atoms with Crippen LogP contribution in [0.1, 0.15) is 42.1 Å². The van der Waals surface area contributed by atoms with E-state index < -0.39 is 0 Å². The summed E-state index contributed by atoms with van der Waals surface area (Å²) in [4.78, 5) is 18.6. The van der Waals surface area contributed by atoms with E-state index >= 15 is 0 Å². The van der Waals surface area contributed by atoms with E-state index in [0.717, 1.165) is 23.2 Å². The summed E-state index contributed by atoms with van der Waals surface area (Å²) in [6.07, 6.45) is 2.48. The minimum absolute atomic E-state index is 0.255. The molecule has 4 heteroatoms. The lowest BCUT2D eigenvalue weighted by molar-refractivity contribution is 0.0916. The van der Waals surface area contributed by atoms with Gasteiger partial charge < -0.3 is 9.64 Å². The Hall–Kier alpha value is -2.36. The number of benzene rings is 1. The maximum atomic E-state index is 12.3. The van der Waals surface area contributed by atoms with Gasteiger partial charge in [0.05, 0.1) is 6.54 Å². The Morgan fingerprint density at radius 2 is 2.09 bits per heavy atom. The van der Waals surface area contributed by atoms with Crippen molar-refractivity contribution in [1.82, 2.24) is 9.88 Å². The maximum Gasteiger partial charge on any atom is 0.410 e. The summed E-state index contributed by atoms with van der Waals surface area (Å²) >= 11 is 0. The van der Waals surface area contributed by atoms with Crippen molar-refractivity contribution in [2.45, 2.75) is 39.3 Å². The summed E-state index contributed by atoms with van der Waals surface area (Å²) in [5.74, 6) is 0.438. The van der Waals surface area contributed by atoms with Gasteiger partial charge in [0, 0.05) is 24.9 Å². The molecule has 2 heterocycles. The Morgan fingerprint density at radius 1 is 1.30 bits per heavy atom. The summed E-state index contributed by atoms with van der Waals surface area (Å²) < 4.78 is 5.43. The van der Waals surface area contributed by atoms with Gasteiger partial charge in [0.25, 0.3) is 0 Å². The predicted octanol–water partition coefficient (Wildman–Crippen LogP) is 3.90. The van der Waals surface area contributed by atoms with Gasteiger partial charge in [-0.2, -0.15) is 0 Å². The summed E-state index contributed by atoms with van der Waals surface area (Å²) in [5, 5.41) is 0. The fraction of sp³-hybridized carbons (Fsp3) is 0.368. The zero-order chi connectivity index (χ0) is 16.2. The Morgan fingerprint density at radius 3 is 2.83 bits per heavy atom. The smallest absolute Gasteiger partial charge is 0.410 e. The molecular formula is C19H22N2O2. The summed E-state index contributed by atoms with van der Waals surface area (Å²) in [6.45, 7) is 5.86. The van der Waals surface area contributed by atoms with Crippen molar-refractivity contribution < 1.29 is 9.53 Å². The molecule has 23 heavy (non-hydrogen) atoms. The van der Waals surface area contributed by atoms with Gasteiger partial charge in [0.1, 0.15) is 6.61 Å². The second kappa shape index (κ2) is 6.82. The topological polar surface area (TPSA) is 42.4 Å². The zero-order valence-corrected chi connectivity index (χ0v) is 13.7. The first-order chi connectivity index (χ1) is 11.1. The van der Waals surface area contributed by atoms with Crippen molar-refractivity contribution >= 4 is 6.09 Å². The van der Waals surface area contributed by atoms with Crippen molar-refractivity contribution in [2.24, 2.45) is 0 Å². The molecule has 2 aromatic rings. The first-order valence-electron chi connectivity index (χ1n) is 8.07. The van der Waals surface area contributed by atoms with E-state index in [4.69, 9.17) is 4.74 Å². The van der Waals surface area contributed by atoms with E-state index in [1.54, 1.807) is 4.90 Å². The van der Waals surface area contributed by atoms with Crippen LogP contribution in [0.15, 0.2) is 42.6 Å². The second-order valence-corrected chi connectivity index (χ2v) is 6.24. The molecule has 0 N–H and O–H groups in total. The first-order valence-corrected chi connectivity index (χ1v) is 8.07. The number of carbonyl (C=O) groups is 1. The SMILES string of the molecule is CC(C)c1cnc2c(c1)CN(C(=O)OCc1ccccc1)CC2. The lowest BCUT2D eigenvalue weighted by Gasteiger charge is -2.28. The minimum atomic E-state index is -0.255. The largest absolute Gasteiger partial charge is 0.445 e. The van der Waals surface area contributed by atoms with Gasteiger partial charge in [-0.15, -0.1) is 0 Å². The van der Waals surface area contributed by atoms with Crippen molar-refractivity contribution in [3.05, 3.63) is 65.0 Å². The number of nitrogens with zero attached hydrogens (tertiary/aromatic N) is 2. The molecule has 0 aliphatic carbocycles. The number of pyridine rings is 1. The fourth-order valence-corrected chi connectivity index (χ4v) is 2.73. The van der Waals surface area contributed by atoms with Gasteiger partial charge in [-0.05, 0) is 22.6 Å². The molecule has 1 aromatic heterocycles. The second-order valence-electron chi connectivity index (χ2n) is 6.24. The van der Waals surface area contributed by atoms with Crippen LogP contribution in [0.5, 0.6) is 0 Å². The number of aromatic nitrogens is 1. The summed E-state index contributed by atoms with van der Waals surface area (Å²) in [6, 6.07) is 11.9. The molecule has 0 fully saturated rings. The quantitative estimate of drug-likeness (QED) is 0.863. The molecule has 3 rings (SSSR count). The van der Waals surface area contributed by atoms with Crippen LogP contribution in [-0.4, -0.2) is 22.5 Å². The molecule has 1 aliphatic rings. The van der Waals surface area contributed by atoms with E-state index in [1.807, 2.05) is 36.5 Å². The van der Waals surface area contributed by atoms with Crippen LogP contribution < -0.4 is 0 Å². The number of fused-ring (bicyclic) bond motifs is 1. The van der Waals surface area contributed by atoms with E-state index in [1.165, 1.54) is 5.56 Å². The van der Waals surface area contributed by atoms with Crippen LogP contribution in [0, 0.1) is 0 Å². The van der Waals surface area contributed by atoms with Gasteiger partial charge in [-0.25, -0.2) is 4.79 Å². The van der Waals surface area contributed by atoms with Crippen LogP contribution in [0.25, 0.3) is 0 Å². The van der Waals surface area contributed by atoms with E-state index in [-0.39, 0.29) is 6.09 Å². The third kappa shape index (κ3) is 3.70. The summed E-state index contributed by atoms with van der Waals surface area (Å²) in [7, 11) is 0. The highest BCUT2D eigenvalue weighted by molar-refractivity contribution is 5.68. The molecule has 4 nitrogen and oxygen atoms in total. The molecule has 0 radical (unpaired) electrons. The molecule has 1 aromatic carbocycles. The third-order valence-corrected chi connectivity index (χ3v) is 4.19. The molecule has 0 spiro atoms. The number of hydrogen-bond donors (Lipinski definition) is 0. The molecule has 0 unspecified atom stereocenters. The molecule has 0 atom stereocenters. The molecule has 0 bridgehead atoms. The molecular weight excluding hydrogens is 288 g/mol. The standard InChI is InChI=1S/C19H22N2O2/c1-14(2)16-10-17-12-21(9-8-18(17)20-11-16)19(22)23-13-15-6-4-3-5-7-15/h3-7,10-11,14H,8-9,12-13H2,1-2H3. The van der Waals surface area contributed by atoms with Crippen molar-refractivity contribution in [2.75, 3.05) is 6.54 Å². The van der Waals surface area contributed by atoms with Crippen molar-refractivity contribution in [1.29, 1.82) is 0 Å². The lowest BCUT2D eigenvalue weighted by atomic mass is 9.99. The number of carbonyl (C=O) groups excluding carboxylic acids is 1. The molecule has 1 aliphatic heterocycles. The lowest BCUT2D eigenvalue weighted by Crippen LogP contribution is -2.36. The number of rotatable bonds is 3. The van der Waals surface area contributed by atoms with Gasteiger partial charge in [-0.3, -0.25) is 4.98 Å². The highest BCUT2D eigenvalue weighted by atomic mass is 16.6. The average molecular weight is 310 g/mol. The zero-order valence-electron chi connectivity index (χ0n) is 13.7. The Labute approximate surface area is 137 Å². The van der Waals surface area contributed by atoms with Gasteiger partial charge in [-0.1, -0.05) is 50.2 Å². The van der Waals surface area contributed by atoms with E-state index in [0.29, 0.717) is 25.6 Å². The third-order valence-electron chi connectivity index (χ3n) is 4.19. The Bertz CT molecular complexity index is 683. The van der Waals surface area contributed by atoms with Gasteiger partial charge >= 0.3 is 6.09 Å². The van der Waals surface area contributed by atoms with Gasteiger partial charge in [0.15, 0.2) is 0 Å². The predicted molar refractivity (Wildman–Crippen MR) is 89.1 cm³/mol. The first kappa shape index (κ1) is 15.5. The molecule has 1 amide bonds. The number of ether oxygens (including phenoxy) is 1. The van der Waals surface area contributed by atoms with Crippen molar-refractivity contribution in [3.63, 3.8) is 0 Å². The number of hydrogen-bond acceptors (Lipinski definition) is 3. The van der Waals surface area contributed by atoms with Crippen LogP contribution in [0.3, 0.4) is 0 Å². The van der Waals surface area contributed by atoms with E-state index in [2.05, 4.69) is 24.9 Å². The van der Waals surface area contributed by atoms with E-state index in [9.17, 15) is 4.79 Å². The number of amides is 1. The molecule has 0 saturated heterocycles. The maximum absolute atomic E-state index is 12.3. The summed E-state index contributed by atoms with van der Waals surface area (Å²) in [5.41, 5.74) is 4.45. The molecule has 0 saturated carbocycles. The minimum Gasteiger partial charge on any atom is -0.445 e. The monoisotopic (exact) mass is 310 g/mol. The van der Waals surface area contributed by atoms with Crippen molar-refractivity contribution in [3.8, 4) is 0 Å². The van der Waals surface area contributed by atoms with Gasteiger partial charge in [0.2, 0.25) is 0 Å². The fourth-order valence-electron chi connectivity index (χ4n) is 2.73. The highest BCUT2D eigenvalue weighted by Gasteiger charge is 2.23.